The van der Waals surface area contributed by atoms with Gasteiger partial charge in [0.15, 0.2) is 0 Å². The van der Waals surface area contributed by atoms with Crippen LogP contribution in [-0.2, 0) is 5.41 Å². The maximum atomic E-state index is 3.03. The van der Waals surface area contributed by atoms with Gasteiger partial charge in [0.2, 0.25) is 0 Å². The summed E-state index contributed by atoms with van der Waals surface area (Å²) in [5.74, 6) is 3.30. The van der Waals surface area contributed by atoms with E-state index in [0.29, 0.717) is 0 Å². The molecule has 0 fully saturated rings. The summed E-state index contributed by atoms with van der Waals surface area (Å²) < 4.78 is 13.6. The van der Waals surface area contributed by atoms with Gasteiger partial charge in [-0.3, -0.25) is 0 Å². The zero-order valence-corrected chi connectivity index (χ0v) is 47.9. The van der Waals surface area contributed by atoms with Crippen LogP contribution in [-0.4, -0.2) is 36.8 Å². The maximum absolute atomic E-state index is 3.03. The van der Waals surface area contributed by atoms with E-state index in [9.17, 15) is 0 Å². The van der Waals surface area contributed by atoms with Gasteiger partial charge in [-0.15, -0.1) is 0 Å². The Morgan fingerprint density at radius 2 is 0.719 bits per heavy atom. The summed E-state index contributed by atoms with van der Waals surface area (Å²) in [5.41, 5.74) is 3.99. The summed E-state index contributed by atoms with van der Waals surface area (Å²) in [7, 11) is 0. The fraction of sp³-hybridized carbons (Fsp3) is 0.849. The third-order valence-corrected chi connectivity index (χ3v) is 53.7. The van der Waals surface area contributed by atoms with Gasteiger partial charge in [-0.25, -0.2) is 0 Å². The number of fused-ring (bicyclic) bond motifs is 3. The third kappa shape index (κ3) is 15.1. The van der Waals surface area contributed by atoms with Crippen molar-refractivity contribution in [3.8, 4) is 9.75 Å². The standard InChI is InChI=1S/C29H44S2.6C4H9.2Sn/c1-21(2)9-7-11-23(5)13-17-29(18-14-24(6)12-8-10-22(3)4)25-15-19-30-27(25)28-26(29)16-20-31-28;6*1-3-4-2;;/h15-16,21-24H,7-14,17-18H2,1-6H3;6*1,3-4H2,2H3;;. The van der Waals surface area contributed by atoms with Crippen molar-refractivity contribution in [2.24, 2.45) is 23.7 Å². The number of rotatable bonds is 34. The average Bonchev–Trinajstić information content (AvgIpc) is 3.89. The Labute approximate surface area is 374 Å². The Balaban J connectivity index is 2.32. The molecule has 2 atom stereocenters. The minimum atomic E-state index is -2.61. The Morgan fingerprint density at radius 1 is 0.421 bits per heavy atom. The van der Waals surface area contributed by atoms with E-state index < -0.39 is 36.8 Å². The van der Waals surface area contributed by atoms with Crippen LogP contribution >= 0.6 is 22.7 Å². The molecular weight excluding hydrogens is 938 g/mol. The van der Waals surface area contributed by atoms with Crippen LogP contribution in [0, 0.1) is 23.7 Å². The summed E-state index contributed by atoms with van der Waals surface area (Å²) in [5, 5.41) is 0. The second kappa shape index (κ2) is 27.2. The van der Waals surface area contributed by atoms with Crippen molar-refractivity contribution in [1.29, 1.82) is 0 Å². The molecule has 330 valence electrons. The number of hydrogen-bond donors (Lipinski definition) is 0. The Hall–Kier alpha value is 0.997. The first-order valence-corrected chi connectivity index (χ1v) is 42.3. The van der Waals surface area contributed by atoms with Crippen LogP contribution in [0.5, 0.6) is 0 Å². The molecule has 57 heavy (non-hydrogen) atoms. The molecule has 0 radical (unpaired) electrons. The van der Waals surface area contributed by atoms with Crippen molar-refractivity contribution < 1.29 is 0 Å². The molecule has 0 nitrogen and oxygen atoms in total. The minimum absolute atomic E-state index is 0.239. The Bertz CT molecular complexity index is 1200. The van der Waals surface area contributed by atoms with E-state index in [2.05, 4.69) is 118 Å². The van der Waals surface area contributed by atoms with E-state index in [1.54, 1.807) is 26.6 Å². The molecule has 2 aromatic rings. The molecule has 0 N–H and O–H groups in total. The van der Waals surface area contributed by atoms with Crippen molar-refractivity contribution in [1.82, 2.24) is 0 Å². The molecule has 0 saturated heterocycles. The van der Waals surface area contributed by atoms with E-state index in [1.165, 1.54) is 141 Å². The van der Waals surface area contributed by atoms with Crippen molar-refractivity contribution in [3.63, 3.8) is 0 Å². The molecule has 3 rings (SSSR count). The first-order valence-electron chi connectivity index (χ1n) is 25.7. The summed E-state index contributed by atoms with van der Waals surface area (Å²) in [6.45, 7) is 29.7. The van der Waals surface area contributed by atoms with Gasteiger partial charge in [-0.2, -0.15) is 0 Å². The molecule has 2 heterocycles. The quantitative estimate of drug-likeness (QED) is 0.0613. The van der Waals surface area contributed by atoms with E-state index in [0.717, 1.165) is 23.7 Å². The van der Waals surface area contributed by atoms with Crippen LogP contribution in [0.2, 0.25) is 26.6 Å². The van der Waals surface area contributed by atoms with Gasteiger partial charge in [0.25, 0.3) is 0 Å². The van der Waals surface area contributed by atoms with Gasteiger partial charge in [-0.05, 0) is 0 Å². The molecule has 0 saturated carbocycles. The SMILES string of the molecule is CCC[CH2][Sn]([CH2]CCC)([CH2]CCC)[c]1cc2c(s1)-c1s[c]([Sn]([CH2]CCC)([CH2]CCC)[CH2]CCC)cc1C2(CCC(C)CCCC(C)C)CCC(C)CCCC(C)C. The topological polar surface area (TPSA) is 0 Å². The molecule has 2 unspecified atom stereocenters. The second-order valence-electron chi connectivity index (χ2n) is 20.9. The van der Waals surface area contributed by atoms with Gasteiger partial charge in [0.1, 0.15) is 0 Å². The van der Waals surface area contributed by atoms with Crippen LogP contribution < -0.4 is 5.79 Å². The Kier molecular flexibility index (Phi) is 25.0. The molecule has 0 aromatic carbocycles. The van der Waals surface area contributed by atoms with Gasteiger partial charge < -0.3 is 0 Å². The summed E-state index contributed by atoms with van der Waals surface area (Å²) >= 11 is -0.359. The van der Waals surface area contributed by atoms with Crippen LogP contribution in [0.25, 0.3) is 9.75 Å². The van der Waals surface area contributed by atoms with Crippen LogP contribution in [0.1, 0.15) is 235 Å². The van der Waals surface area contributed by atoms with Gasteiger partial charge in [-0.1, -0.05) is 0 Å². The van der Waals surface area contributed by atoms with Crippen molar-refractivity contribution in [2.45, 2.75) is 256 Å². The van der Waals surface area contributed by atoms with E-state index in [-0.39, 0.29) is 5.41 Å². The normalized spacial score (nSPS) is 15.2. The molecular formula is C53H98S2Sn2. The second-order valence-corrected chi connectivity index (χ2v) is 51.3. The average molecular weight is 1040 g/mol. The van der Waals surface area contributed by atoms with Crippen molar-refractivity contribution in [2.75, 3.05) is 0 Å². The van der Waals surface area contributed by atoms with E-state index in [4.69, 9.17) is 0 Å². The predicted molar refractivity (Wildman–Crippen MR) is 272 cm³/mol. The van der Waals surface area contributed by atoms with Gasteiger partial charge in [0.05, 0.1) is 0 Å². The fourth-order valence-corrected chi connectivity index (χ4v) is 51.7. The van der Waals surface area contributed by atoms with E-state index >= 15 is 0 Å². The van der Waals surface area contributed by atoms with Crippen molar-refractivity contribution >= 4 is 65.2 Å². The number of thiophene rings is 2. The molecule has 0 spiro atoms. The Morgan fingerprint density at radius 3 is 0.982 bits per heavy atom. The van der Waals surface area contributed by atoms with Gasteiger partial charge >= 0.3 is 378 Å². The first-order chi connectivity index (χ1) is 27.4. The van der Waals surface area contributed by atoms with E-state index in [1.807, 2.05) is 26.7 Å². The third-order valence-electron chi connectivity index (χ3n) is 14.9. The van der Waals surface area contributed by atoms with Crippen LogP contribution in [0.4, 0.5) is 0 Å². The fourth-order valence-electron chi connectivity index (χ4n) is 10.8. The molecule has 2 aromatic heterocycles. The number of hydrogen-bond acceptors (Lipinski definition) is 2. The zero-order chi connectivity index (χ0) is 41.9. The molecule has 0 amide bonds. The molecule has 4 heteroatoms. The summed E-state index contributed by atoms with van der Waals surface area (Å²) in [6, 6.07) is 6.05. The molecule has 1 aliphatic carbocycles. The molecule has 0 aliphatic heterocycles. The summed E-state index contributed by atoms with van der Waals surface area (Å²) in [4.78, 5) is 3.65. The molecule has 0 bridgehead atoms. The predicted octanol–water partition coefficient (Wildman–Crippen LogP) is 18.7. The monoisotopic (exact) mass is 1040 g/mol. The van der Waals surface area contributed by atoms with Crippen LogP contribution in [0.15, 0.2) is 12.1 Å². The zero-order valence-electron chi connectivity index (χ0n) is 40.6. The van der Waals surface area contributed by atoms with Crippen molar-refractivity contribution in [3.05, 3.63) is 23.3 Å². The number of unbranched alkanes of at least 4 members (excludes halogenated alkanes) is 6. The summed E-state index contributed by atoms with van der Waals surface area (Å²) in [6.07, 6.45) is 31.1. The van der Waals surface area contributed by atoms with Crippen LogP contribution in [0.3, 0.4) is 0 Å². The first kappa shape index (κ1) is 52.3. The molecule has 1 aliphatic rings. The van der Waals surface area contributed by atoms with Gasteiger partial charge in [0, 0.05) is 0 Å².